The lowest BCUT2D eigenvalue weighted by molar-refractivity contribution is -0.115. The van der Waals surface area contributed by atoms with Crippen LogP contribution in [-0.4, -0.2) is 15.9 Å². The summed E-state index contributed by atoms with van der Waals surface area (Å²) < 4.78 is 5.70. The number of rotatable bonds is 6. The maximum absolute atomic E-state index is 12.2. The number of nitrogens with one attached hydrogen (secondary N) is 1. The van der Waals surface area contributed by atoms with Gasteiger partial charge in [-0.1, -0.05) is 41.1 Å². The number of fused-ring (bicyclic) bond motifs is 1. The van der Waals surface area contributed by atoms with Gasteiger partial charge in [-0.15, -0.1) is 11.3 Å². The third kappa shape index (κ3) is 4.73. The molecule has 1 amide bonds. The zero-order valence-corrected chi connectivity index (χ0v) is 17.3. The number of anilines is 1. The van der Waals surface area contributed by atoms with E-state index in [-0.39, 0.29) is 12.3 Å². The molecule has 0 unspecified atom stereocenters. The van der Waals surface area contributed by atoms with Crippen molar-refractivity contribution in [2.75, 3.05) is 5.32 Å². The predicted octanol–water partition coefficient (Wildman–Crippen LogP) is 5.72. The van der Waals surface area contributed by atoms with Crippen LogP contribution in [0.4, 0.5) is 5.69 Å². The van der Waals surface area contributed by atoms with Crippen LogP contribution in [0.2, 0.25) is 5.02 Å². The first kappa shape index (κ1) is 19.0. The number of hydrogen-bond donors (Lipinski definition) is 1. The van der Waals surface area contributed by atoms with Gasteiger partial charge >= 0.3 is 0 Å². The maximum Gasteiger partial charge on any atom is 0.257 e. The molecule has 0 spiro atoms. The molecule has 0 bridgehead atoms. The number of nitrogens with zero attached hydrogens (tertiary/aromatic N) is 2. The minimum Gasteiger partial charge on any atom is -0.431 e. The Bertz CT molecular complexity index is 1120. The van der Waals surface area contributed by atoms with Crippen LogP contribution in [0.25, 0.3) is 11.1 Å². The Kier molecular flexibility index (Phi) is 5.66. The summed E-state index contributed by atoms with van der Waals surface area (Å²) in [6.45, 7) is 2.01. The first-order valence-electron chi connectivity index (χ1n) is 8.54. The van der Waals surface area contributed by atoms with Crippen molar-refractivity contribution in [1.29, 1.82) is 0 Å². The molecule has 0 aliphatic rings. The highest BCUT2D eigenvalue weighted by Crippen LogP contribution is 2.28. The largest absolute Gasteiger partial charge is 0.431 e. The number of halogens is 1. The van der Waals surface area contributed by atoms with Gasteiger partial charge in [-0.05, 0) is 31.2 Å². The summed E-state index contributed by atoms with van der Waals surface area (Å²) in [6.07, 6.45) is 0.255. The lowest BCUT2D eigenvalue weighted by Gasteiger charge is -2.04. The standard InChI is InChI=1S/C20H16ClN3O2S2/c1-12-2-5-14(6-3-12)22-18(25)9-19-23-15(10-27-19)11-28-20-24-16-7-4-13(21)8-17(16)26-20/h2-8,10H,9,11H2,1H3,(H,22,25). The van der Waals surface area contributed by atoms with E-state index in [1.54, 1.807) is 12.1 Å². The number of thioether (sulfide) groups is 1. The normalized spacial score (nSPS) is 11.1. The van der Waals surface area contributed by atoms with E-state index < -0.39 is 0 Å². The van der Waals surface area contributed by atoms with Gasteiger partial charge in [0.1, 0.15) is 10.5 Å². The summed E-state index contributed by atoms with van der Waals surface area (Å²) in [5.74, 6) is 0.546. The van der Waals surface area contributed by atoms with Gasteiger partial charge in [0.05, 0.1) is 12.1 Å². The molecule has 0 radical (unpaired) electrons. The van der Waals surface area contributed by atoms with E-state index in [1.165, 1.54) is 23.1 Å². The van der Waals surface area contributed by atoms with Crippen molar-refractivity contribution < 1.29 is 9.21 Å². The Labute approximate surface area is 175 Å². The van der Waals surface area contributed by atoms with E-state index in [1.807, 2.05) is 42.6 Å². The van der Waals surface area contributed by atoms with Crippen LogP contribution in [0, 0.1) is 6.92 Å². The summed E-state index contributed by atoms with van der Waals surface area (Å²) in [5.41, 5.74) is 4.29. The second-order valence-electron chi connectivity index (χ2n) is 6.20. The van der Waals surface area contributed by atoms with Crippen molar-refractivity contribution in [1.82, 2.24) is 9.97 Å². The first-order valence-corrected chi connectivity index (χ1v) is 10.8. The monoisotopic (exact) mass is 429 g/mol. The van der Waals surface area contributed by atoms with E-state index in [2.05, 4.69) is 15.3 Å². The van der Waals surface area contributed by atoms with Crippen LogP contribution in [0.3, 0.4) is 0 Å². The number of amides is 1. The second-order valence-corrected chi connectivity index (χ2v) is 8.51. The van der Waals surface area contributed by atoms with Gasteiger partial charge in [-0.3, -0.25) is 4.79 Å². The molecule has 28 heavy (non-hydrogen) atoms. The lowest BCUT2D eigenvalue weighted by atomic mass is 10.2. The lowest BCUT2D eigenvalue weighted by Crippen LogP contribution is -2.14. The molecule has 1 N–H and O–H groups in total. The molecule has 0 aliphatic carbocycles. The van der Waals surface area contributed by atoms with E-state index in [0.29, 0.717) is 21.6 Å². The minimum absolute atomic E-state index is 0.0757. The molecule has 0 saturated carbocycles. The molecule has 8 heteroatoms. The first-order chi connectivity index (χ1) is 13.5. The smallest absolute Gasteiger partial charge is 0.257 e. The topological polar surface area (TPSA) is 68.0 Å². The van der Waals surface area contributed by atoms with Gasteiger partial charge in [0.25, 0.3) is 5.22 Å². The molecule has 2 aromatic carbocycles. The molecule has 4 rings (SSSR count). The van der Waals surface area contributed by atoms with Gasteiger partial charge in [0, 0.05) is 27.9 Å². The summed E-state index contributed by atoms with van der Waals surface area (Å²) in [4.78, 5) is 21.2. The Balaban J connectivity index is 1.33. The number of carbonyl (C=O) groups is 1. The van der Waals surface area contributed by atoms with E-state index >= 15 is 0 Å². The SMILES string of the molecule is Cc1ccc(NC(=O)Cc2nc(CSc3nc4ccc(Cl)cc4o3)cs2)cc1. The van der Waals surface area contributed by atoms with Crippen LogP contribution < -0.4 is 5.32 Å². The quantitative estimate of drug-likeness (QED) is 0.397. The number of aromatic nitrogens is 2. The van der Waals surface area contributed by atoms with Crippen molar-refractivity contribution in [3.63, 3.8) is 0 Å². The minimum atomic E-state index is -0.0757. The third-order valence-corrected chi connectivity index (χ3v) is 5.92. The maximum atomic E-state index is 12.2. The molecule has 0 aliphatic heterocycles. The zero-order valence-electron chi connectivity index (χ0n) is 14.9. The van der Waals surface area contributed by atoms with Crippen LogP contribution in [0.1, 0.15) is 16.3 Å². The highest BCUT2D eigenvalue weighted by Gasteiger charge is 2.11. The third-order valence-electron chi connectivity index (χ3n) is 3.92. The highest BCUT2D eigenvalue weighted by molar-refractivity contribution is 7.98. The van der Waals surface area contributed by atoms with Crippen molar-refractivity contribution in [3.05, 3.63) is 69.1 Å². The summed E-state index contributed by atoms with van der Waals surface area (Å²) in [7, 11) is 0. The fourth-order valence-corrected chi connectivity index (χ4v) is 4.34. The molecule has 2 aromatic heterocycles. The number of oxazole rings is 1. The van der Waals surface area contributed by atoms with E-state index in [9.17, 15) is 4.79 Å². The summed E-state index contributed by atoms with van der Waals surface area (Å²) in [5, 5.41) is 6.82. The van der Waals surface area contributed by atoms with Crippen molar-refractivity contribution in [2.45, 2.75) is 24.3 Å². The van der Waals surface area contributed by atoms with E-state index in [4.69, 9.17) is 16.0 Å². The average molecular weight is 430 g/mol. The zero-order chi connectivity index (χ0) is 19.5. The van der Waals surface area contributed by atoms with Crippen molar-refractivity contribution in [3.8, 4) is 0 Å². The van der Waals surface area contributed by atoms with E-state index in [0.717, 1.165) is 27.5 Å². The fourth-order valence-electron chi connectivity index (χ4n) is 2.55. The molecular formula is C20H16ClN3O2S2. The second kappa shape index (κ2) is 8.34. The average Bonchev–Trinajstić information content (AvgIpc) is 3.27. The Morgan fingerprint density at radius 2 is 2.04 bits per heavy atom. The molecule has 0 saturated heterocycles. The number of carbonyl (C=O) groups excluding carboxylic acids is 1. The molecule has 0 atom stereocenters. The molecule has 5 nitrogen and oxygen atoms in total. The van der Waals surface area contributed by atoms with Crippen LogP contribution >= 0.6 is 34.7 Å². The van der Waals surface area contributed by atoms with Gasteiger partial charge < -0.3 is 9.73 Å². The van der Waals surface area contributed by atoms with Gasteiger partial charge in [0.2, 0.25) is 5.91 Å². The number of hydrogen-bond acceptors (Lipinski definition) is 6. The number of benzene rings is 2. The molecule has 142 valence electrons. The van der Waals surface area contributed by atoms with Crippen LogP contribution in [0.15, 0.2) is 57.5 Å². The fraction of sp³-hybridized carbons (Fsp3) is 0.150. The summed E-state index contributed by atoms with van der Waals surface area (Å²) >= 11 is 8.91. The van der Waals surface area contributed by atoms with Gasteiger partial charge in [-0.25, -0.2) is 9.97 Å². The Morgan fingerprint density at radius 3 is 2.86 bits per heavy atom. The molecule has 2 heterocycles. The Morgan fingerprint density at radius 1 is 1.21 bits per heavy atom. The molecule has 4 aromatic rings. The van der Waals surface area contributed by atoms with Crippen LogP contribution in [-0.2, 0) is 17.0 Å². The van der Waals surface area contributed by atoms with Gasteiger partial charge in [-0.2, -0.15) is 0 Å². The van der Waals surface area contributed by atoms with Crippen molar-refractivity contribution in [2.24, 2.45) is 0 Å². The van der Waals surface area contributed by atoms with Crippen LogP contribution in [0.5, 0.6) is 0 Å². The van der Waals surface area contributed by atoms with Crippen molar-refractivity contribution >= 4 is 57.4 Å². The predicted molar refractivity (Wildman–Crippen MR) is 114 cm³/mol. The number of thiazole rings is 1. The Hall–Kier alpha value is -2.35. The number of aryl methyl sites for hydroxylation is 1. The van der Waals surface area contributed by atoms with Gasteiger partial charge in [0.15, 0.2) is 5.58 Å². The summed E-state index contributed by atoms with van der Waals surface area (Å²) in [6, 6.07) is 13.1. The molecule has 0 fully saturated rings. The molecular weight excluding hydrogens is 414 g/mol. The highest BCUT2D eigenvalue weighted by atomic mass is 35.5.